The molecule has 0 fully saturated rings. The molecule has 0 aromatic heterocycles. The van der Waals surface area contributed by atoms with Gasteiger partial charge in [0.05, 0.1) is 11.9 Å². The zero-order valence-electron chi connectivity index (χ0n) is 10.6. The maximum absolute atomic E-state index is 13.7. The van der Waals surface area contributed by atoms with Crippen LogP contribution in [0.1, 0.15) is 21.5 Å². The van der Waals surface area contributed by atoms with Gasteiger partial charge in [0, 0.05) is 5.02 Å². The fourth-order valence-electron chi connectivity index (χ4n) is 1.86. The number of benzene rings is 2. The standard InChI is InChI=1S/C15H13BrClFO/c1-9-3-5-11(12(17)7-9)15(16)10-4-6-14(19-2)13(18)8-10/h3-8,15H,1-2H3. The molecule has 4 heteroatoms. The Morgan fingerprint density at radius 1 is 1.21 bits per heavy atom. The topological polar surface area (TPSA) is 9.23 Å². The Bertz CT molecular complexity index is 601. The number of hydrogen-bond donors (Lipinski definition) is 0. The normalized spacial score (nSPS) is 12.3. The molecule has 0 heterocycles. The number of hydrogen-bond acceptors (Lipinski definition) is 1. The van der Waals surface area contributed by atoms with Crippen molar-refractivity contribution >= 4 is 27.5 Å². The highest BCUT2D eigenvalue weighted by atomic mass is 79.9. The van der Waals surface area contributed by atoms with Gasteiger partial charge in [0.2, 0.25) is 0 Å². The Hall–Kier alpha value is -1.06. The van der Waals surface area contributed by atoms with E-state index in [0.717, 1.165) is 16.7 Å². The number of alkyl halides is 1. The number of rotatable bonds is 3. The van der Waals surface area contributed by atoms with Crippen LogP contribution in [0.25, 0.3) is 0 Å². The zero-order chi connectivity index (χ0) is 14.0. The smallest absolute Gasteiger partial charge is 0.165 e. The van der Waals surface area contributed by atoms with Crippen LogP contribution >= 0.6 is 27.5 Å². The number of aryl methyl sites for hydroxylation is 1. The van der Waals surface area contributed by atoms with Gasteiger partial charge in [-0.2, -0.15) is 0 Å². The summed E-state index contributed by atoms with van der Waals surface area (Å²) in [6, 6.07) is 10.7. The van der Waals surface area contributed by atoms with Crippen LogP contribution in [-0.4, -0.2) is 7.11 Å². The Morgan fingerprint density at radius 2 is 1.95 bits per heavy atom. The number of ether oxygens (including phenoxy) is 1. The van der Waals surface area contributed by atoms with Gasteiger partial charge in [-0.25, -0.2) is 4.39 Å². The van der Waals surface area contributed by atoms with Crippen LogP contribution in [-0.2, 0) is 0 Å². The van der Waals surface area contributed by atoms with Crippen LogP contribution in [0.2, 0.25) is 5.02 Å². The second-order valence-electron chi connectivity index (χ2n) is 4.28. The molecule has 0 aliphatic rings. The average molecular weight is 344 g/mol. The van der Waals surface area contributed by atoms with Gasteiger partial charge >= 0.3 is 0 Å². The van der Waals surface area contributed by atoms with Gasteiger partial charge in [-0.3, -0.25) is 0 Å². The molecule has 0 radical (unpaired) electrons. The summed E-state index contributed by atoms with van der Waals surface area (Å²) in [5.41, 5.74) is 2.80. The van der Waals surface area contributed by atoms with Crippen molar-refractivity contribution in [1.82, 2.24) is 0 Å². The van der Waals surface area contributed by atoms with Crippen LogP contribution in [0.15, 0.2) is 36.4 Å². The highest BCUT2D eigenvalue weighted by Crippen LogP contribution is 2.36. The van der Waals surface area contributed by atoms with Crippen LogP contribution < -0.4 is 4.74 Å². The van der Waals surface area contributed by atoms with Crippen molar-refractivity contribution in [3.63, 3.8) is 0 Å². The molecule has 0 bridgehead atoms. The Morgan fingerprint density at radius 3 is 2.53 bits per heavy atom. The quantitative estimate of drug-likeness (QED) is 0.689. The van der Waals surface area contributed by atoms with Crippen LogP contribution in [0.3, 0.4) is 0 Å². The van der Waals surface area contributed by atoms with Crippen molar-refractivity contribution in [3.05, 3.63) is 63.9 Å². The lowest BCUT2D eigenvalue weighted by molar-refractivity contribution is 0.386. The largest absolute Gasteiger partial charge is 0.494 e. The molecule has 1 nitrogen and oxygen atoms in total. The molecule has 19 heavy (non-hydrogen) atoms. The third-order valence-electron chi connectivity index (χ3n) is 2.90. The van der Waals surface area contributed by atoms with Crippen LogP contribution in [0.4, 0.5) is 4.39 Å². The second kappa shape index (κ2) is 5.93. The highest BCUT2D eigenvalue weighted by Gasteiger charge is 2.15. The SMILES string of the molecule is COc1ccc(C(Br)c2ccc(C)cc2Cl)cc1F. The van der Waals surface area contributed by atoms with E-state index in [1.165, 1.54) is 13.2 Å². The lowest BCUT2D eigenvalue weighted by Crippen LogP contribution is -1.96. The molecule has 1 atom stereocenters. The summed E-state index contributed by atoms with van der Waals surface area (Å²) in [5.74, 6) is -0.147. The summed E-state index contributed by atoms with van der Waals surface area (Å²) >= 11 is 9.78. The molecular formula is C15H13BrClFO. The van der Waals surface area contributed by atoms with E-state index in [4.69, 9.17) is 16.3 Å². The Balaban J connectivity index is 2.38. The summed E-state index contributed by atoms with van der Waals surface area (Å²) in [7, 11) is 1.44. The molecule has 1 unspecified atom stereocenters. The van der Waals surface area contributed by atoms with Gasteiger partial charge < -0.3 is 4.74 Å². The van der Waals surface area contributed by atoms with E-state index >= 15 is 0 Å². The van der Waals surface area contributed by atoms with Crippen molar-refractivity contribution < 1.29 is 9.13 Å². The monoisotopic (exact) mass is 342 g/mol. The van der Waals surface area contributed by atoms with Crippen LogP contribution in [0, 0.1) is 12.7 Å². The van der Waals surface area contributed by atoms with E-state index in [2.05, 4.69) is 15.9 Å². The van der Waals surface area contributed by atoms with Gasteiger partial charge in [-0.15, -0.1) is 0 Å². The molecule has 0 amide bonds. The Labute approximate surface area is 125 Å². The van der Waals surface area contributed by atoms with Crippen molar-refractivity contribution in [2.45, 2.75) is 11.8 Å². The van der Waals surface area contributed by atoms with Crippen molar-refractivity contribution in [2.24, 2.45) is 0 Å². The minimum atomic E-state index is -0.382. The van der Waals surface area contributed by atoms with Crippen LogP contribution in [0.5, 0.6) is 5.75 Å². The summed E-state index contributed by atoms with van der Waals surface area (Å²) < 4.78 is 18.6. The van der Waals surface area contributed by atoms with Crippen molar-refractivity contribution in [1.29, 1.82) is 0 Å². The minimum Gasteiger partial charge on any atom is -0.494 e. The molecule has 2 rings (SSSR count). The maximum Gasteiger partial charge on any atom is 0.165 e. The molecule has 100 valence electrons. The van der Waals surface area contributed by atoms with E-state index in [9.17, 15) is 4.39 Å². The highest BCUT2D eigenvalue weighted by molar-refractivity contribution is 9.09. The fraction of sp³-hybridized carbons (Fsp3) is 0.200. The lowest BCUT2D eigenvalue weighted by Gasteiger charge is -2.14. The van der Waals surface area contributed by atoms with Gasteiger partial charge in [-0.1, -0.05) is 45.7 Å². The van der Waals surface area contributed by atoms with E-state index in [1.807, 2.05) is 31.2 Å². The predicted molar refractivity (Wildman–Crippen MR) is 79.9 cm³/mol. The summed E-state index contributed by atoms with van der Waals surface area (Å²) in [6.45, 7) is 1.98. The summed E-state index contributed by atoms with van der Waals surface area (Å²) in [5, 5.41) is 0.665. The minimum absolute atomic E-state index is 0.152. The van der Waals surface area contributed by atoms with Crippen molar-refractivity contribution in [2.75, 3.05) is 7.11 Å². The first kappa shape index (κ1) is 14.4. The molecular weight excluding hydrogens is 331 g/mol. The van der Waals surface area contributed by atoms with Gasteiger partial charge in [-0.05, 0) is 41.8 Å². The Kier molecular flexibility index (Phi) is 4.48. The third kappa shape index (κ3) is 3.10. The second-order valence-corrected chi connectivity index (χ2v) is 5.60. The first-order valence-electron chi connectivity index (χ1n) is 5.76. The van der Waals surface area contributed by atoms with E-state index in [1.54, 1.807) is 6.07 Å². The summed E-state index contributed by atoms with van der Waals surface area (Å²) in [6.07, 6.45) is 0. The first-order valence-corrected chi connectivity index (χ1v) is 7.06. The molecule has 0 spiro atoms. The molecule has 0 aliphatic heterocycles. The molecule has 0 saturated heterocycles. The van der Waals surface area contributed by atoms with Crippen molar-refractivity contribution in [3.8, 4) is 5.75 Å². The molecule has 0 aliphatic carbocycles. The van der Waals surface area contributed by atoms with E-state index in [0.29, 0.717) is 5.02 Å². The summed E-state index contributed by atoms with van der Waals surface area (Å²) in [4.78, 5) is -0.152. The first-order chi connectivity index (χ1) is 9.02. The van der Waals surface area contributed by atoms with E-state index < -0.39 is 0 Å². The zero-order valence-corrected chi connectivity index (χ0v) is 12.9. The number of halogens is 3. The molecule has 2 aromatic rings. The van der Waals surface area contributed by atoms with Gasteiger partial charge in [0.25, 0.3) is 0 Å². The fourth-order valence-corrected chi connectivity index (χ4v) is 3.02. The van der Waals surface area contributed by atoms with E-state index in [-0.39, 0.29) is 16.4 Å². The maximum atomic E-state index is 13.7. The molecule has 2 aromatic carbocycles. The predicted octanol–water partition coefficient (Wildman–Crippen LogP) is 5.28. The lowest BCUT2D eigenvalue weighted by atomic mass is 10.0. The van der Waals surface area contributed by atoms with Gasteiger partial charge in [0.15, 0.2) is 11.6 Å². The number of methoxy groups -OCH3 is 1. The molecule has 0 saturated carbocycles. The third-order valence-corrected chi connectivity index (χ3v) is 4.25. The van der Waals surface area contributed by atoms with Gasteiger partial charge in [0.1, 0.15) is 0 Å². The molecule has 0 N–H and O–H groups in total. The average Bonchev–Trinajstić information content (AvgIpc) is 2.38.